The minimum absolute atomic E-state index is 0.263. The van der Waals surface area contributed by atoms with Crippen LogP contribution in [0, 0.1) is 5.82 Å². The molecule has 6 heteroatoms. The van der Waals surface area contributed by atoms with Crippen molar-refractivity contribution in [1.29, 1.82) is 0 Å². The number of fused-ring (bicyclic) bond motifs is 1. The van der Waals surface area contributed by atoms with Crippen molar-refractivity contribution < 1.29 is 9.13 Å². The molecule has 0 aliphatic heterocycles. The number of nitrogen functional groups attached to an aromatic ring is 1. The van der Waals surface area contributed by atoms with Crippen LogP contribution in [-0.2, 0) is 0 Å². The summed E-state index contributed by atoms with van der Waals surface area (Å²) in [4.78, 5) is 4.26. The Labute approximate surface area is 119 Å². The number of imidazole rings is 1. The Kier molecular flexibility index (Phi) is 2.99. The van der Waals surface area contributed by atoms with Crippen LogP contribution in [0.4, 0.5) is 10.3 Å². The van der Waals surface area contributed by atoms with Crippen molar-refractivity contribution in [2.24, 2.45) is 0 Å². The van der Waals surface area contributed by atoms with Gasteiger partial charge in [-0.3, -0.25) is 4.57 Å². The molecule has 0 atom stereocenters. The topological polar surface area (TPSA) is 53.1 Å². The van der Waals surface area contributed by atoms with Gasteiger partial charge in [0.2, 0.25) is 5.95 Å². The predicted octanol–water partition coefficient (Wildman–Crippen LogP) is 3.41. The second-order valence-corrected chi connectivity index (χ2v) is 4.66. The fraction of sp³-hybridized carbons (Fsp3) is 0.0714. The Bertz CT molecular complexity index is 800. The molecule has 20 heavy (non-hydrogen) atoms. The van der Waals surface area contributed by atoms with Crippen LogP contribution in [0.25, 0.3) is 16.7 Å². The first-order valence-corrected chi connectivity index (χ1v) is 6.25. The molecule has 0 aliphatic rings. The molecule has 2 aromatic carbocycles. The third kappa shape index (κ3) is 1.96. The van der Waals surface area contributed by atoms with E-state index in [1.807, 2.05) is 0 Å². The molecular weight excluding hydrogens is 281 g/mol. The van der Waals surface area contributed by atoms with Crippen LogP contribution in [0.2, 0.25) is 5.02 Å². The number of anilines is 1. The molecular formula is C14H11ClFN3O. The molecule has 0 saturated carbocycles. The quantitative estimate of drug-likeness (QED) is 0.787. The fourth-order valence-electron chi connectivity index (χ4n) is 2.12. The van der Waals surface area contributed by atoms with Gasteiger partial charge < -0.3 is 10.5 Å². The summed E-state index contributed by atoms with van der Waals surface area (Å²) < 4.78 is 20.0. The molecule has 4 nitrogen and oxygen atoms in total. The Hall–Kier alpha value is -2.27. The summed E-state index contributed by atoms with van der Waals surface area (Å²) in [7, 11) is 1.58. The van der Waals surface area contributed by atoms with Crippen molar-refractivity contribution in [3.05, 3.63) is 47.2 Å². The molecule has 0 fully saturated rings. The maximum absolute atomic E-state index is 13.2. The number of ether oxygens (including phenoxy) is 1. The third-order valence-electron chi connectivity index (χ3n) is 3.04. The van der Waals surface area contributed by atoms with Gasteiger partial charge in [0, 0.05) is 6.07 Å². The zero-order valence-corrected chi connectivity index (χ0v) is 11.4. The lowest BCUT2D eigenvalue weighted by atomic mass is 10.2. The van der Waals surface area contributed by atoms with Gasteiger partial charge in [-0.1, -0.05) is 11.6 Å². The molecule has 0 aliphatic carbocycles. The second kappa shape index (κ2) is 4.68. The maximum atomic E-state index is 13.2. The maximum Gasteiger partial charge on any atom is 0.205 e. The lowest BCUT2D eigenvalue weighted by Gasteiger charge is -2.09. The number of hydrogen-bond donors (Lipinski definition) is 1. The average Bonchev–Trinajstić information content (AvgIpc) is 2.74. The van der Waals surface area contributed by atoms with E-state index in [4.69, 9.17) is 22.1 Å². The summed E-state index contributed by atoms with van der Waals surface area (Å²) in [6, 6.07) is 9.53. The number of rotatable bonds is 2. The summed E-state index contributed by atoms with van der Waals surface area (Å²) in [5, 5.41) is 0.263. The highest BCUT2D eigenvalue weighted by molar-refractivity contribution is 6.32. The smallest absolute Gasteiger partial charge is 0.205 e. The highest BCUT2D eigenvalue weighted by Crippen LogP contribution is 2.30. The normalized spacial score (nSPS) is 10.9. The highest BCUT2D eigenvalue weighted by Gasteiger charge is 2.13. The number of nitrogens with two attached hydrogens (primary N) is 1. The summed E-state index contributed by atoms with van der Waals surface area (Å²) in [6.45, 7) is 0. The van der Waals surface area contributed by atoms with Crippen molar-refractivity contribution >= 4 is 28.6 Å². The zero-order chi connectivity index (χ0) is 14.3. The average molecular weight is 292 g/mol. The van der Waals surface area contributed by atoms with Crippen LogP contribution in [0.1, 0.15) is 0 Å². The minimum atomic E-state index is -0.403. The second-order valence-electron chi connectivity index (χ2n) is 4.26. The number of hydrogen-bond acceptors (Lipinski definition) is 3. The molecule has 3 rings (SSSR count). The van der Waals surface area contributed by atoms with E-state index in [9.17, 15) is 4.39 Å². The van der Waals surface area contributed by atoms with Crippen molar-refractivity contribution in [3.63, 3.8) is 0 Å². The van der Waals surface area contributed by atoms with Crippen LogP contribution in [0.3, 0.4) is 0 Å². The van der Waals surface area contributed by atoms with Gasteiger partial charge in [-0.2, -0.15) is 0 Å². The van der Waals surface area contributed by atoms with Crippen LogP contribution in [0.5, 0.6) is 5.75 Å². The molecule has 0 spiro atoms. The molecule has 102 valence electrons. The molecule has 3 aromatic rings. The number of benzene rings is 2. The van der Waals surface area contributed by atoms with Gasteiger partial charge in [-0.05, 0) is 30.3 Å². The van der Waals surface area contributed by atoms with E-state index in [0.717, 1.165) is 5.52 Å². The van der Waals surface area contributed by atoms with E-state index < -0.39 is 5.82 Å². The lowest BCUT2D eigenvalue weighted by molar-refractivity contribution is 0.415. The largest absolute Gasteiger partial charge is 0.497 e. The van der Waals surface area contributed by atoms with E-state index in [1.54, 1.807) is 35.9 Å². The van der Waals surface area contributed by atoms with Crippen LogP contribution >= 0.6 is 11.6 Å². The van der Waals surface area contributed by atoms with Crippen LogP contribution < -0.4 is 10.5 Å². The van der Waals surface area contributed by atoms with Gasteiger partial charge in [-0.25, -0.2) is 9.37 Å². The van der Waals surface area contributed by atoms with Gasteiger partial charge in [0.15, 0.2) is 0 Å². The first kappa shape index (κ1) is 12.7. The SMILES string of the molecule is COc1ccc2nc(N)n(-c3ccc(F)cc3Cl)c2c1. The van der Waals surface area contributed by atoms with Gasteiger partial charge >= 0.3 is 0 Å². The van der Waals surface area contributed by atoms with E-state index in [0.29, 0.717) is 17.0 Å². The van der Waals surface area contributed by atoms with E-state index >= 15 is 0 Å². The van der Waals surface area contributed by atoms with Crippen molar-refractivity contribution in [2.45, 2.75) is 0 Å². The number of methoxy groups -OCH3 is 1. The summed E-state index contributed by atoms with van der Waals surface area (Å²) >= 11 is 6.09. The Morgan fingerprint density at radius 1 is 1.25 bits per heavy atom. The van der Waals surface area contributed by atoms with E-state index in [-0.39, 0.29) is 11.0 Å². The monoisotopic (exact) mass is 291 g/mol. The van der Waals surface area contributed by atoms with Gasteiger partial charge in [0.1, 0.15) is 11.6 Å². The van der Waals surface area contributed by atoms with Crippen LogP contribution in [-0.4, -0.2) is 16.7 Å². The van der Waals surface area contributed by atoms with Crippen molar-refractivity contribution in [3.8, 4) is 11.4 Å². The molecule has 1 heterocycles. The minimum Gasteiger partial charge on any atom is -0.497 e. The summed E-state index contributed by atoms with van der Waals surface area (Å²) in [6.07, 6.45) is 0. The van der Waals surface area contributed by atoms with Crippen LogP contribution in [0.15, 0.2) is 36.4 Å². The van der Waals surface area contributed by atoms with E-state index in [2.05, 4.69) is 4.98 Å². The molecule has 1 aromatic heterocycles. The fourth-order valence-corrected chi connectivity index (χ4v) is 2.37. The highest BCUT2D eigenvalue weighted by atomic mass is 35.5. The molecule has 0 unspecified atom stereocenters. The van der Waals surface area contributed by atoms with Gasteiger partial charge in [0.25, 0.3) is 0 Å². The first-order chi connectivity index (χ1) is 9.60. The number of nitrogens with zero attached hydrogens (tertiary/aromatic N) is 2. The van der Waals surface area contributed by atoms with Gasteiger partial charge in [-0.15, -0.1) is 0 Å². The number of aromatic nitrogens is 2. The summed E-state index contributed by atoms with van der Waals surface area (Å²) in [5.74, 6) is 0.554. The Morgan fingerprint density at radius 3 is 2.75 bits per heavy atom. The van der Waals surface area contributed by atoms with Crippen molar-refractivity contribution in [2.75, 3.05) is 12.8 Å². The molecule has 0 amide bonds. The van der Waals surface area contributed by atoms with Gasteiger partial charge in [0.05, 0.1) is 28.9 Å². The Morgan fingerprint density at radius 2 is 2.05 bits per heavy atom. The molecule has 0 bridgehead atoms. The molecule has 2 N–H and O–H groups in total. The van der Waals surface area contributed by atoms with E-state index in [1.165, 1.54) is 12.1 Å². The molecule has 0 saturated heterocycles. The zero-order valence-electron chi connectivity index (χ0n) is 10.6. The first-order valence-electron chi connectivity index (χ1n) is 5.87. The molecule has 0 radical (unpaired) electrons. The van der Waals surface area contributed by atoms with Crippen molar-refractivity contribution in [1.82, 2.24) is 9.55 Å². The summed E-state index contributed by atoms with van der Waals surface area (Å²) in [5.41, 5.74) is 7.97. The standard InChI is InChI=1S/C14H11ClFN3O/c1-20-9-3-4-11-13(7-9)19(14(17)18-11)12-5-2-8(16)6-10(12)15/h2-7H,1H3,(H2,17,18). The predicted molar refractivity (Wildman–Crippen MR) is 77.0 cm³/mol. The number of halogens is 2. The Balaban J connectivity index is 2.31. The lowest BCUT2D eigenvalue weighted by Crippen LogP contribution is -2.01. The third-order valence-corrected chi connectivity index (χ3v) is 3.34.